The molecule has 0 aromatic carbocycles. The predicted octanol–water partition coefficient (Wildman–Crippen LogP) is -0.188. The van der Waals surface area contributed by atoms with Crippen molar-refractivity contribution in [3.63, 3.8) is 0 Å². The van der Waals surface area contributed by atoms with Crippen LogP contribution in [0.1, 0.15) is 0 Å². The monoisotopic (exact) mass is 125 g/mol. The molecule has 0 saturated heterocycles. The van der Waals surface area contributed by atoms with Crippen LogP contribution < -0.4 is 11.0 Å². The summed E-state index contributed by atoms with van der Waals surface area (Å²) < 4.78 is 0. The first-order valence-electron chi connectivity index (χ1n) is 2.55. The minimum absolute atomic E-state index is 0.325. The van der Waals surface area contributed by atoms with Gasteiger partial charge in [-0.1, -0.05) is 0 Å². The normalized spacial score (nSPS) is 9.00. The molecule has 0 atom stereocenters. The van der Waals surface area contributed by atoms with Gasteiger partial charge in [-0.05, 0) is 0 Å². The summed E-state index contributed by atoms with van der Waals surface area (Å²) in [5, 5.41) is 2.82. The number of aromatic nitrogens is 2. The SMILES string of the molecule is CNc1cnc(=O)[nH]c1. The largest absolute Gasteiger partial charge is 0.386 e. The Morgan fingerprint density at radius 2 is 2.56 bits per heavy atom. The maximum atomic E-state index is 10.3. The van der Waals surface area contributed by atoms with E-state index in [1.54, 1.807) is 13.2 Å². The second-order valence-corrected chi connectivity index (χ2v) is 1.56. The van der Waals surface area contributed by atoms with E-state index >= 15 is 0 Å². The molecule has 1 aromatic heterocycles. The predicted molar refractivity (Wildman–Crippen MR) is 34.4 cm³/mol. The molecule has 0 radical (unpaired) electrons. The molecule has 2 N–H and O–H groups in total. The Balaban J connectivity index is 3.02. The minimum Gasteiger partial charge on any atom is -0.386 e. The van der Waals surface area contributed by atoms with Crippen molar-refractivity contribution in [2.45, 2.75) is 0 Å². The molecule has 0 saturated carbocycles. The molecule has 48 valence electrons. The molecule has 0 amide bonds. The summed E-state index contributed by atoms with van der Waals surface area (Å²) >= 11 is 0. The molecular formula is C5H7N3O. The first-order chi connectivity index (χ1) is 4.33. The van der Waals surface area contributed by atoms with Crippen molar-refractivity contribution in [1.29, 1.82) is 0 Å². The average molecular weight is 125 g/mol. The summed E-state index contributed by atoms with van der Waals surface area (Å²) in [5.41, 5.74) is 0.476. The van der Waals surface area contributed by atoms with Crippen molar-refractivity contribution in [2.24, 2.45) is 0 Å². The van der Waals surface area contributed by atoms with Crippen molar-refractivity contribution < 1.29 is 0 Å². The van der Waals surface area contributed by atoms with Gasteiger partial charge in [-0.3, -0.25) is 0 Å². The van der Waals surface area contributed by atoms with Gasteiger partial charge in [0.1, 0.15) is 0 Å². The quantitative estimate of drug-likeness (QED) is 0.547. The third kappa shape index (κ3) is 1.28. The molecule has 4 heteroatoms. The molecule has 0 unspecified atom stereocenters. The van der Waals surface area contributed by atoms with Crippen molar-refractivity contribution in [3.05, 3.63) is 22.9 Å². The van der Waals surface area contributed by atoms with Crippen LogP contribution in [0.4, 0.5) is 5.69 Å². The van der Waals surface area contributed by atoms with Gasteiger partial charge in [0.05, 0.1) is 11.9 Å². The molecule has 4 nitrogen and oxygen atoms in total. The Kier molecular flexibility index (Phi) is 1.48. The van der Waals surface area contributed by atoms with Crippen LogP contribution in [-0.2, 0) is 0 Å². The zero-order valence-electron chi connectivity index (χ0n) is 5.01. The lowest BCUT2D eigenvalue weighted by Gasteiger charge is -1.93. The van der Waals surface area contributed by atoms with Gasteiger partial charge in [0.2, 0.25) is 0 Å². The lowest BCUT2D eigenvalue weighted by Crippen LogP contribution is -2.08. The highest BCUT2D eigenvalue weighted by Crippen LogP contribution is 1.93. The third-order valence-corrected chi connectivity index (χ3v) is 0.961. The molecule has 0 aliphatic rings. The average Bonchev–Trinajstić information content (AvgIpc) is 1.90. The minimum atomic E-state index is -0.325. The molecule has 0 aliphatic heterocycles. The van der Waals surface area contributed by atoms with E-state index in [1.165, 1.54) is 6.20 Å². The Morgan fingerprint density at radius 3 is 3.00 bits per heavy atom. The highest BCUT2D eigenvalue weighted by molar-refractivity contribution is 5.35. The Morgan fingerprint density at radius 1 is 1.78 bits per heavy atom. The smallest absolute Gasteiger partial charge is 0.345 e. The number of aromatic amines is 1. The number of hydrogen-bond donors (Lipinski definition) is 2. The van der Waals surface area contributed by atoms with Crippen LogP contribution >= 0.6 is 0 Å². The van der Waals surface area contributed by atoms with Crippen LogP contribution in [0.5, 0.6) is 0 Å². The van der Waals surface area contributed by atoms with E-state index in [1.807, 2.05) is 0 Å². The first-order valence-corrected chi connectivity index (χ1v) is 2.55. The van der Waals surface area contributed by atoms with E-state index in [-0.39, 0.29) is 5.69 Å². The molecule has 0 aliphatic carbocycles. The van der Waals surface area contributed by atoms with Gasteiger partial charge in [0.25, 0.3) is 0 Å². The Labute approximate surface area is 51.9 Å². The zero-order chi connectivity index (χ0) is 6.69. The molecule has 1 aromatic rings. The summed E-state index contributed by atoms with van der Waals surface area (Å²) in [4.78, 5) is 16.2. The summed E-state index contributed by atoms with van der Waals surface area (Å²) in [7, 11) is 1.76. The van der Waals surface area contributed by atoms with Gasteiger partial charge >= 0.3 is 5.69 Å². The van der Waals surface area contributed by atoms with Crippen LogP contribution in [0.25, 0.3) is 0 Å². The van der Waals surface area contributed by atoms with E-state index in [0.29, 0.717) is 0 Å². The number of nitrogens with zero attached hydrogens (tertiary/aromatic N) is 1. The lowest BCUT2D eigenvalue weighted by molar-refractivity contribution is 1.07. The van der Waals surface area contributed by atoms with Crippen LogP contribution in [-0.4, -0.2) is 17.0 Å². The van der Waals surface area contributed by atoms with Gasteiger partial charge in [0.15, 0.2) is 0 Å². The van der Waals surface area contributed by atoms with E-state index in [9.17, 15) is 4.79 Å². The molecule has 0 spiro atoms. The lowest BCUT2D eigenvalue weighted by atomic mass is 10.5. The van der Waals surface area contributed by atoms with Gasteiger partial charge in [-0.2, -0.15) is 4.98 Å². The van der Waals surface area contributed by atoms with Crippen molar-refractivity contribution in [2.75, 3.05) is 12.4 Å². The second-order valence-electron chi connectivity index (χ2n) is 1.56. The summed E-state index contributed by atoms with van der Waals surface area (Å²) in [6.07, 6.45) is 3.04. The van der Waals surface area contributed by atoms with Gasteiger partial charge in [-0.25, -0.2) is 4.79 Å². The fourth-order valence-corrected chi connectivity index (χ4v) is 0.479. The highest BCUT2D eigenvalue weighted by Gasteiger charge is 1.84. The van der Waals surface area contributed by atoms with E-state index < -0.39 is 0 Å². The fraction of sp³-hybridized carbons (Fsp3) is 0.200. The maximum Gasteiger partial charge on any atom is 0.345 e. The highest BCUT2D eigenvalue weighted by atomic mass is 16.1. The standard InChI is InChI=1S/C5H7N3O/c1-6-4-2-7-5(9)8-3-4/h2-3,6H,1H3,(H,7,8,9). The van der Waals surface area contributed by atoms with Gasteiger partial charge < -0.3 is 10.3 Å². The Hall–Kier alpha value is -1.32. The summed E-state index contributed by atoms with van der Waals surface area (Å²) in [5.74, 6) is 0. The number of H-pyrrole nitrogens is 1. The number of rotatable bonds is 1. The molecule has 1 heterocycles. The zero-order valence-corrected chi connectivity index (χ0v) is 5.01. The molecule has 0 fully saturated rings. The number of hydrogen-bond acceptors (Lipinski definition) is 3. The number of anilines is 1. The summed E-state index contributed by atoms with van der Waals surface area (Å²) in [6.45, 7) is 0. The maximum absolute atomic E-state index is 10.3. The van der Waals surface area contributed by atoms with Crippen LogP contribution in [0.2, 0.25) is 0 Å². The topological polar surface area (TPSA) is 57.8 Å². The van der Waals surface area contributed by atoms with Crippen molar-refractivity contribution >= 4 is 5.69 Å². The Bertz CT molecular complexity index is 222. The van der Waals surface area contributed by atoms with Gasteiger partial charge in [-0.15, -0.1) is 0 Å². The summed E-state index contributed by atoms with van der Waals surface area (Å²) in [6, 6.07) is 0. The number of nitrogens with one attached hydrogen (secondary N) is 2. The molecule has 0 bridgehead atoms. The molecule has 9 heavy (non-hydrogen) atoms. The van der Waals surface area contributed by atoms with Crippen molar-refractivity contribution in [3.8, 4) is 0 Å². The van der Waals surface area contributed by atoms with Crippen LogP contribution in [0.3, 0.4) is 0 Å². The molecular weight excluding hydrogens is 118 g/mol. The molecule has 1 rings (SSSR count). The fourth-order valence-electron chi connectivity index (χ4n) is 0.479. The van der Waals surface area contributed by atoms with Gasteiger partial charge in [0, 0.05) is 13.2 Å². The van der Waals surface area contributed by atoms with Crippen LogP contribution in [0.15, 0.2) is 17.2 Å². The van der Waals surface area contributed by atoms with Crippen LogP contribution in [0, 0.1) is 0 Å². The third-order valence-electron chi connectivity index (χ3n) is 0.961. The van der Waals surface area contributed by atoms with E-state index in [2.05, 4.69) is 15.3 Å². The first kappa shape index (κ1) is 5.81. The second kappa shape index (κ2) is 2.30. The van der Waals surface area contributed by atoms with E-state index in [4.69, 9.17) is 0 Å². The van der Waals surface area contributed by atoms with E-state index in [0.717, 1.165) is 5.69 Å². The van der Waals surface area contributed by atoms with Crippen molar-refractivity contribution in [1.82, 2.24) is 9.97 Å².